The maximum Gasteiger partial charge on any atom is 0.330 e. The van der Waals surface area contributed by atoms with Crippen molar-refractivity contribution in [2.45, 2.75) is 18.9 Å². The summed E-state index contributed by atoms with van der Waals surface area (Å²) < 4.78 is 4.96. The third-order valence-electron chi connectivity index (χ3n) is 3.44. The van der Waals surface area contributed by atoms with Gasteiger partial charge in [-0.1, -0.05) is 35.9 Å². The zero-order chi connectivity index (χ0) is 15.3. The van der Waals surface area contributed by atoms with E-state index in [0.717, 1.165) is 12.0 Å². The Morgan fingerprint density at radius 1 is 1.33 bits per heavy atom. The molecular formula is C16H18ClNO2S. The van der Waals surface area contributed by atoms with Crippen LogP contribution in [0.2, 0.25) is 5.02 Å². The third kappa shape index (κ3) is 3.64. The normalized spacial score (nSPS) is 13.7. The van der Waals surface area contributed by atoms with Crippen LogP contribution in [0.3, 0.4) is 0 Å². The van der Waals surface area contributed by atoms with Crippen LogP contribution in [0.15, 0.2) is 41.8 Å². The highest BCUT2D eigenvalue weighted by Gasteiger charge is 2.37. The molecular weight excluding hydrogens is 306 g/mol. The number of halogens is 1. The molecule has 0 amide bonds. The number of ether oxygens (including phenoxy) is 1. The van der Waals surface area contributed by atoms with Gasteiger partial charge in [-0.2, -0.15) is 0 Å². The van der Waals surface area contributed by atoms with Gasteiger partial charge < -0.3 is 4.74 Å². The van der Waals surface area contributed by atoms with E-state index in [4.69, 9.17) is 16.3 Å². The number of rotatable bonds is 6. The van der Waals surface area contributed by atoms with Crippen molar-refractivity contribution < 1.29 is 9.53 Å². The molecule has 0 saturated heterocycles. The van der Waals surface area contributed by atoms with Crippen molar-refractivity contribution in [2.75, 3.05) is 13.7 Å². The molecule has 0 fully saturated rings. The first kappa shape index (κ1) is 16.0. The van der Waals surface area contributed by atoms with Gasteiger partial charge in [0.15, 0.2) is 0 Å². The molecule has 3 nitrogen and oxygen atoms in total. The summed E-state index contributed by atoms with van der Waals surface area (Å²) in [7, 11) is 1.39. The minimum absolute atomic E-state index is 0.346. The Morgan fingerprint density at radius 2 is 2.10 bits per heavy atom. The summed E-state index contributed by atoms with van der Waals surface area (Å²) in [5.74, 6) is -0.346. The van der Waals surface area contributed by atoms with Gasteiger partial charge in [0.25, 0.3) is 0 Å². The molecule has 1 aromatic carbocycles. The number of hydrogen-bond acceptors (Lipinski definition) is 4. The first-order valence-electron chi connectivity index (χ1n) is 6.69. The van der Waals surface area contributed by atoms with Crippen LogP contribution < -0.4 is 5.32 Å². The highest BCUT2D eigenvalue weighted by Crippen LogP contribution is 2.29. The van der Waals surface area contributed by atoms with E-state index in [1.54, 1.807) is 24.3 Å². The number of hydrogen-bond donors (Lipinski definition) is 1. The molecule has 1 N–H and O–H groups in total. The summed E-state index contributed by atoms with van der Waals surface area (Å²) in [5.41, 5.74) is -0.227. The highest BCUT2D eigenvalue weighted by molar-refractivity contribution is 7.09. The van der Waals surface area contributed by atoms with Crippen LogP contribution in [0.25, 0.3) is 0 Å². The number of benzene rings is 1. The predicted molar refractivity (Wildman–Crippen MR) is 86.8 cm³/mol. The summed E-state index contributed by atoms with van der Waals surface area (Å²) in [6, 6.07) is 11.4. The number of carbonyl (C=O) groups is 1. The third-order valence-corrected chi connectivity index (χ3v) is 4.70. The fourth-order valence-electron chi connectivity index (χ4n) is 2.24. The maximum absolute atomic E-state index is 12.2. The Morgan fingerprint density at radius 3 is 2.71 bits per heavy atom. The molecule has 0 spiro atoms. The molecule has 0 aliphatic rings. The fourth-order valence-corrected chi connectivity index (χ4v) is 3.27. The number of methoxy groups -OCH3 is 1. The summed E-state index contributed by atoms with van der Waals surface area (Å²) in [5, 5.41) is 5.88. The summed E-state index contributed by atoms with van der Waals surface area (Å²) >= 11 is 7.95. The Hall–Kier alpha value is -1.36. The molecule has 0 unspecified atom stereocenters. The van der Waals surface area contributed by atoms with E-state index in [2.05, 4.69) is 11.4 Å². The van der Waals surface area contributed by atoms with E-state index in [1.165, 1.54) is 12.0 Å². The van der Waals surface area contributed by atoms with Gasteiger partial charge in [0.2, 0.25) is 0 Å². The molecule has 1 atom stereocenters. The Labute approximate surface area is 133 Å². The first-order chi connectivity index (χ1) is 10.1. The van der Waals surface area contributed by atoms with Crippen LogP contribution in [0, 0.1) is 0 Å². The first-order valence-corrected chi connectivity index (χ1v) is 7.94. The van der Waals surface area contributed by atoms with Gasteiger partial charge in [-0.05, 0) is 30.9 Å². The topological polar surface area (TPSA) is 38.3 Å². The van der Waals surface area contributed by atoms with Crippen LogP contribution in [-0.4, -0.2) is 19.6 Å². The molecule has 112 valence electrons. The lowest BCUT2D eigenvalue weighted by molar-refractivity contribution is -0.148. The monoisotopic (exact) mass is 323 g/mol. The molecule has 1 heterocycles. The SMILES string of the molecule is COC(=O)[C@@](C)(NCCc1cccs1)c1ccccc1Cl. The van der Waals surface area contributed by atoms with E-state index in [1.807, 2.05) is 29.6 Å². The minimum Gasteiger partial charge on any atom is -0.467 e. The van der Waals surface area contributed by atoms with E-state index < -0.39 is 5.54 Å². The maximum atomic E-state index is 12.2. The zero-order valence-electron chi connectivity index (χ0n) is 12.1. The second-order valence-corrected chi connectivity index (χ2v) is 6.29. The van der Waals surface area contributed by atoms with E-state index in [-0.39, 0.29) is 5.97 Å². The smallest absolute Gasteiger partial charge is 0.330 e. The van der Waals surface area contributed by atoms with Gasteiger partial charge in [-0.25, -0.2) is 4.79 Å². The van der Waals surface area contributed by atoms with Crippen molar-refractivity contribution in [1.82, 2.24) is 5.32 Å². The standard InChI is InChI=1S/C16H18ClNO2S/c1-16(15(19)20-2,13-7-3-4-8-14(13)17)18-10-9-12-6-5-11-21-12/h3-8,11,18H,9-10H2,1-2H3/t16-/m0/s1. The molecule has 2 rings (SSSR count). The van der Waals surface area contributed by atoms with Crippen molar-refractivity contribution in [3.63, 3.8) is 0 Å². The van der Waals surface area contributed by atoms with Gasteiger partial charge in [0.1, 0.15) is 5.54 Å². The van der Waals surface area contributed by atoms with E-state index >= 15 is 0 Å². The van der Waals surface area contributed by atoms with Crippen LogP contribution in [0.1, 0.15) is 17.4 Å². The minimum atomic E-state index is -0.954. The molecule has 1 aromatic heterocycles. The van der Waals surface area contributed by atoms with Gasteiger partial charge >= 0.3 is 5.97 Å². The van der Waals surface area contributed by atoms with Gasteiger partial charge in [-0.15, -0.1) is 11.3 Å². The second kappa shape index (κ2) is 7.07. The van der Waals surface area contributed by atoms with Gasteiger partial charge in [-0.3, -0.25) is 5.32 Å². The summed E-state index contributed by atoms with van der Waals surface area (Å²) in [6.07, 6.45) is 0.856. The fraction of sp³-hybridized carbons (Fsp3) is 0.312. The predicted octanol–water partition coefficient (Wildman–Crippen LogP) is 3.62. The lowest BCUT2D eigenvalue weighted by Gasteiger charge is -2.29. The number of carbonyl (C=O) groups excluding carboxylic acids is 1. The Bertz CT molecular complexity index is 600. The molecule has 0 aliphatic carbocycles. The summed E-state index contributed by atoms with van der Waals surface area (Å²) in [4.78, 5) is 13.5. The molecule has 0 saturated carbocycles. The average Bonchev–Trinajstić information content (AvgIpc) is 3.00. The highest BCUT2D eigenvalue weighted by atomic mass is 35.5. The van der Waals surface area contributed by atoms with Crippen molar-refractivity contribution in [3.05, 3.63) is 57.2 Å². The van der Waals surface area contributed by atoms with Crippen molar-refractivity contribution in [1.29, 1.82) is 0 Å². The number of esters is 1. The Balaban J connectivity index is 2.17. The van der Waals surface area contributed by atoms with Crippen LogP contribution in [0.5, 0.6) is 0 Å². The Kier molecular flexibility index (Phi) is 5.39. The molecule has 2 aromatic rings. The van der Waals surface area contributed by atoms with Crippen LogP contribution in [-0.2, 0) is 21.5 Å². The van der Waals surface area contributed by atoms with Crippen molar-refractivity contribution in [2.24, 2.45) is 0 Å². The number of thiophene rings is 1. The van der Waals surface area contributed by atoms with E-state index in [9.17, 15) is 4.79 Å². The van der Waals surface area contributed by atoms with Gasteiger partial charge in [0, 0.05) is 22.0 Å². The van der Waals surface area contributed by atoms with E-state index in [0.29, 0.717) is 11.6 Å². The molecule has 0 radical (unpaired) electrons. The van der Waals surface area contributed by atoms with Crippen LogP contribution >= 0.6 is 22.9 Å². The quantitative estimate of drug-likeness (QED) is 0.825. The molecule has 0 aliphatic heterocycles. The molecule has 5 heteroatoms. The largest absolute Gasteiger partial charge is 0.467 e. The lowest BCUT2D eigenvalue weighted by Crippen LogP contribution is -2.48. The van der Waals surface area contributed by atoms with Crippen molar-refractivity contribution in [3.8, 4) is 0 Å². The lowest BCUT2D eigenvalue weighted by atomic mass is 9.91. The summed E-state index contributed by atoms with van der Waals surface area (Å²) in [6.45, 7) is 2.46. The average molecular weight is 324 g/mol. The van der Waals surface area contributed by atoms with Crippen LogP contribution in [0.4, 0.5) is 0 Å². The van der Waals surface area contributed by atoms with Gasteiger partial charge in [0.05, 0.1) is 7.11 Å². The van der Waals surface area contributed by atoms with Crippen molar-refractivity contribution >= 4 is 28.9 Å². The zero-order valence-corrected chi connectivity index (χ0v) is 13.6. The molecule has 0 bridgehead atoms. The molecule has 21 heavy (non-hydrogen) atoms. The second-order valence-electron chi connectivity index (χ2n) is 4.85. The number of nitrogens with one attached hydrogen (secondary N) is 1.